The Labute approximate surface area is 174 Å². The largest absolute Gasteiger partial charge is 0.478 e. The number of halogens is 1. The molecule has 0 saturated heterocycles. The van der Waals surface area contributed by atoms with Crippen molar-refractivity contribution in [1.82, 2.24) is 24.7 Å². The first kappa shape index (κ1) is 18.7. The molecule has 1 aromatic carbocycles. The zero-order chi connectivity index (χ0) is 20.2. The zero-order valence-electron chi connectivity index (χ0n) is 15.1. The second kappa shape index (κ2) is 8.13. The number of ether oxygens (including phenoxy) is 1. The van der Waals surface area contributed by atoms with E-state index in [-0.39, 0.29) is 19.1 Å². The molecule has 29 heavy (non-hydrogen) atoms. The van der Waals surface area contributed by atoms with E-state index in [1.807, 2.05) is 36.7 Å². The Balaban J connectivity index is 1.77. The monoisotopic (exact) mass is 447 g/mol. The van der Waals surface area contributed by atoms with Crippen LogP contribution in [0.25, 0.3) is 22.3 Å². The predicted molar refractivity (Wildman–Crippen MR) is 109 cm³/mol. The first-order valence-electron chi connectivity index (χ1n) is 8.70. The highest BCUT2D eigenvalue weighted by molar-refractivity contribution is 9.10. The molecule has 0 aliphatic rings. The number of hydrogen-bond acceptors (Lipinski definition) is 6. The van der Waals surface area contributed by atoms with Gasteiger partial charge in [-0.1, -0.05) is 15.9 Å². The normalized spacial score (nSPS) is 11.7. The molecule has 4 aromatic rings. The fraction of sp³-hybridized carbons (Fsp3) is 0.150. The maximum atomic E-state index is 9.41. The summed E-state index contributed by atoms with van der Waals surface area (Å²) < 4.78 is 8.14. The molecule has 1 atom stereocenters. The lowest BCUT2D eigenvalue weighted by Gasteiger charge is -2.19. The first-order chi connectivity index (χ1) is 14.2. The van der Waals surface area contributed by atoms with Crippen LogP contribution >= 0.6 is 15.9 Å². The molecule has 0 radical (unpaired) electrons. The third kappa shape index (κ3) is 3.68. The quantitative estimate of drug-likeness (QED) is 0.477. The minimum absolute atomic E-state index is 0.0787. The standard InChI is InChI=1S/C20H14BrN7O/c21-14-1-2-18(29-8-6-23)16(9-14)17(3-5-22)28-11-13(10-27-28)19-15-4-7-24-20(15)26-12-25-19/h1-2,4,7,9-12,17H,3,8H2,(H,24,25,26). The van der Waals surface area contributed by atoms with Crippen molar-refractivity contribution >= 4 is 27.0 Å². The third-order valence-corrected chi connectivity index (χ3v) is 4.95. The number of benzene rings is 1. The fourth-order valence-electron chi connectivity index (χ4n) is 3.19. The average Bonchev–Trinajstić information content (AvgIpc) is 3.40. The number of nitriles is 2. The molecule has 1 unspecified atom stereocenters. The van der Waals surface area contributed by atoms with Gasteiger partial charge in [0.2, 0.25) is 0 Å². The van der Waals surface area contributed by atoms with Gasteiger partial charge in [-0.2, -0.15) is 15.6 Å². The van der Waals surface area contributed by atoms with Crippen LogP contribution in [0.5, 0.6) is 5.75 Å². The second-order valence-electron chi connectivity index (χ2n) is 6.18. The topological polar surface area (TPSA) is 116 Å². The Morgan fingerprint density at radius 1 is 1.21 bits per heavy atom. The van der Waals surface area contributed by atoms with Crippen molar-refractivity contribution in [3.8, 4) is 29.1 Å². The summed E-state index contributed by atoms with van der Waals surface area (Å²) in [6, 6.07) is 11.2. The summed E-state index contributed by atoms with van der Waals surface area (Å²) in [6.45, 7) is -0.0787. The maximum absolute atomic E-state index is 9.41. The molecular formula is C20H14BrN7O. The molecule has 1 N–H and O–H groups in total. The molecule has 0 amide bonds. The van der Waals surface area contributed by atoms with E-state index in [0.29, 0.717) is 5.75 Å². The van der Waals surface area contributed by atoms with Gasteiger partial charge in [-0.25, -0.2) is 9.97 Å². The lowest BCUT2D eigenvalue weighted by atomic mass is 10.0. The zero-order valence-corrected chi connectivity index (χ0v) is 16.7. The molecular weight excluding hydrogens is 434 g/mol. The highest BCUT2D eigenvalue weighted by Gasteiger charge is 2.21. The molecule has 0 bridgehead atoms. The number of rotatable bonds is 6. The van der Waals surface area contributed by atoms with Crippen LogP contribution in [0.15, 0.2) is 53.7 Å². The molecule has 3 heterocycles. The summed E-state index contributed by atoms with van der Waals surface area (Å²) in [5.41, 5.74) is 3.08. The van der Waals surface area contributed by atoms with E-state index in [0.717, 1.165) is 32.3 Å². The molecule has 0 fully saturated rings. The number of nitrogens with zero attached hydrogens (tertiary/aromatic N) is 6. The summed E-state index contributed by atoms with van der Waals surface area (Å²) in [5, 5.41) is 23.7. The molecule has 4 rings (SSSR count). The van der Waals surface area contributed by atoms with Crippen molar-refractivity contribution in [3.63, 3.8) is 0 Å². The van der Waals surface area contributed by atoms with E-state index in [1.54, 1.807) is 16.9 Å². The molecule has 142 valence electrons. The summed E-state index contributed by atoms with van der Waals surface area (Å²) in [5.74, 6) is 0.544. The van der Waals surface area contributed by atoms with Gasteiger partial charge in [-0.3, -0.25) is 4.68 Å². The number of hydrogen-bond donors (Lipinski definition) is 1. The predicted octanol–water partition coefficient (Wildman–Crippen LogP) is 3.99. The maximum Gasteiger partial charge on any atom is 0.174 e. The number of H-pyrrole nitrogens is 1. The Bertz CT molecular complexity index is 1250. The smallest absolute Gasteiger partial charge is 0.174 e. The van der Waals surface area contributed by atoms with Crippen molar-refractivity contribution in [2.45, 2.75) is 12.5 Å². The molecule has 0 aliphatic heterocycles. The van der Waals surface area contributed by atoms with E-state index in [4.69, 9.17) is 10.00 Å². The van der Waals surface area contributed by atoms with Crippen LogP contribution in [0.1, 0.15) is 18.0 Å². The van der Waals surface area contributed by atoms with Gasteiger partial charge >= 0.3 is 0 Å². The van der Waals surface area contributed by atoms with Crippen LogP contribution in [0, 0.1) is 22.7 Å². The number of aromatic amines is 1. The van der Waals surface area contributed by atoms with Crippen molar-refractivity contribution in [3.05, 3.63) is 59.2 Å². The minimum atomic E-state index is -0.386. The van der Waals surface area contributed by atoms with Crippen LogP contribution in [0.3, 0.4) is 0 Å². The number of fused-ring (bicyclic) bond motifs is 1. The lowest BCUT2D eigenvalue weighted by Crippen LogP contribution is -2.12. The lowest BCUT2D eigenvalue weighted by molar-refractivity contribution is 0.356. The Morgan fingerprint density at radius 2 is 2.10 bits per heavy atom. The van der Waals surface area contributed by atoms with E-state index >= 15 is 0 Å². The third-order valence-electron chi connectivity index (χ3n) is 4.46. The highest BCUT2D eigenvalue weighted by atomic mass is 79.9. The van der Waals surface area contributed by atoms with Gasteiger partial charge in [0.15, 0.2) is 6.61 Å². The van der Waals surface area contributed by atoms with Crippen LogP contribution in [0.4, 0.5) is 0 Å². The number of aromatic nitrogens is 5. The summed E-state index contributed by atoms with van der Waals surface area (Å²) in [6.07, 6.45) is 7.06. The van der Waals surface area contributed by atoms with Gasteiger partial charge in [0.05, 0.1) is 30.4 Å². The number of nitrogens with one attached hydrogen (secondary N) is 1. The van der Waals surface area contributed by atoms with E-state index < -0.39 is 0 Å². The summed E-state index contributed by atoms with van der Waals surface area (Å²) in [4.78, 5) is 11.7. The molecule has 0 aliphatic carbocycles. The fourth-order valence-corrected chi connectivity index (χ4v) is 3.57. The Hall–Kier alpha value is -3.69. The van der Waals surface area contributed by atoms with Gasteiger partial charge < -0.3 is 9.72 Å². The summed E-state index contributed by atoms with van der Waals surface area (Å²) in [7, 11) is 0. The second-order valence-corrected chi connectivity index (χ2v) is 7.09. The SMILES string of the molecule is N#CCOc1ccc(Br)cc1C(CC#N)n1cc(-c2ncnc3[nH]ccc23)cn1. The molecule has 0 saturated carbocycles. The molecule has 8 nitrogen and oxygen atoms in total. The van der Waals surface area contributed by atoms with E-state index in [1.165, 1.54) is 6.33 Å². The first-order valence-corrected chi connectivity index (χ1v) is 9.49. The van der Waals surface area contributed by atoms with Crippen molar-refractivity contribution in [1.29, 1.82) is 10.5 Å². The van der Waals surface area contributed by atoms with Gasteiger partial charge in [-0.15, -0.1) is 0 Å². The Morgan fingerprint density at radius 3 is 2.93 bits per heavy atom. The van der Waals surface area contributed by atoms with Crippen LogP contribution < -0.4 is 4.74 Å². The Kier molecular flexibility index (Phi) is 5.23. The van der Waals surface area contributed by atoms with Gasteiger partial charge in [0, 0.05) is 33.4 Å². The van der Waals surface area contributed by atoms with Gasteiger partial charge in [0.1, 0.15) is 23.8 Å². The van der Waals surface area contributed by atoms with E-state index in [9.17, 15) is 5.26 Å². The van der Waals surface area contributed by atoms with Crippen molar-refractivity contribution < 1.29 is 4.74 Å². The molecule has 3 aromatic heterocycles. The van der Waals surface area contributed by atoms with Crippen molar-refractivity contribution in [2.24, 2.45) is 0 Å². The molecule has 0 spiro atoms. The van der Waals surface area contributed by atoms with Crippen molar-refractivity contribution in [2.75, 3.05) is 6.61 Å². The molecule has 9 heteroatoms. The average molecular weight is 448 g/mol. The van der Waals surface area contributed by atoms with Crippen LogP contribution in [-0.4, -0.2) is 31.3 Å². The van der Waals surface area contributed by atoms with Gasteiger partial charge in [-0.05, 0) is 24.3 Å². The van der Waals surface area contributed by atoms with Crippen LogP contribution in [0.2, 0.25) is 0 Å². The highest BCUT2D eigenvalue weighted by Crippen LogP contribution is 2.34. The van der Waals surface area contributed by atoms with Crippen LogP contribution in [-0.2, 0) is 0 Å². The van der Waals surface area contributed by atoms with Gasteiger partial charge in [0.25, 0.3) is 0 Å². The minimum Gasteiger partial charge on any atom is -0.478 e. The van der Waals surface area contributed by atoms with E-state index in [2.05, 4.69) is 42.0 Å². The summed E-state index contributed by atoms with van der Waals surface area (Å²) >= 11 is 3.47.